The maximum atomic E-state index is 12.9. The van der Waals surface area contributed by atoms with E-state index < -0.39 is 18.5 Å². The van der Waals surface area contributed by atoms with E-state index in [1.807, 2.05) is 47.6 Å². The van der Waals surface area contributed by atoms with E-state index in [9.17, 15) is 9.59 Å². The number of rotatable bonds is 6. The molecule has 1 unspecified atom stereocenters. The summed E-state index contributed by atoms with van der Waals surface area (Å²) in [6, 6.07) is 14.1. The van der Waals surface area contributed by atoms with Gasteiger partial charge in [0.25, 0.3) is 5.91 Å². The third-order valence-electron chi connectivity index (χ3n) is 5.55. The molecule has 8 nitrogen and oxygen atoms in total. The zero-order valence-electron chi connectivity index (χ0n) is 18.0. The zero-order valence-corrected chi connectivity index (χ0v) is 18.8. The molecule has 1 atom stereocenters. The number of thiophene rings is 1. The van der Waals surface area contributed by atoms with Crippen LogP contribution in [0.4, 0.5) is 5.69 Å². The van der Waals surface area contributed by atoms with Crippen molar-refractivity contribution in [2.75, 3.05) is 18.2 Å². The molecule has 168 valence electrons. The van der Waals surface area contributed by atoms with E-state index >= 15 is 0 Å². The Balaban J connectivity index is 1.25. The van der Waals surface area contributed by atoms with Crippen molar-refractivity contribution in [3.05, 3.63) is 76.4 Å². The minimum Gasteiger partial charge on any atom is -0.467 e. The van der Waals surface area contributed by atoms with E-state index in [-0.39, 0.29) is 6.04 Å². The first-order chi connectivity index (χ1) is 16.1. The molecule has 4 heterocycles. The van der Waals surface area contributed by atoms with Crippen molar-refractivity contribution in [2.24, 2.45) is 10.2 Å². The smallest absolute Gasteiger partial charge is 0.338 e. The quantitative estimate of drug-likeness (QED) is 0.505. The molecule has 5 rings (SSSR count). The normalized spacial score (nSPS) is 17.8. The first kappa shape index (κ1) is 21.1. The highest BCUT2D eigenvalue weighted by Crippen LogP contribution is 2.34. The van der Waals surface area contributed by atoms with Crippen LogP contribution in [-0.2, 0) is 9.53 Å². The van der Waals surface area contributed by atoms with Gasteiger partial charge in [-0.25, -0.2) is 9.80 Å². The number of anilines is 1. The number of hydrogen-bond donors (Lipinski definition) is 0. The molecular formula is C24H22N4O4S. The van der Waals surface area contributed by atoms with Crippen molar-refractivity contribution < 1.29 is 18.7 Å². The van der Waals surface area contributed by atoms with Crippen LogP contribution < -0.4 is 5.01 Å². The number of ether oxygens (including phenoxy) is 1. The highest BCUT2D eigenvalue weighted by Gasteiger charge is 2.35. The lowest BCUT2D eigenvalue weighted by Gasteiger charge is -2.19. The molecular weight excluding hydrogens is 440 g/mol. The van der Waals surface area contributed by atoms with Crippen LogP contribution in [0.25, 0.3) is 0 Å². The number of nitrogens with zero attached hydrogens (tertiary/aromatic N) is 4. The number of carbonyl (C=O) groups excluding carboxylic acids is 2. The monoisotopic (exact) mass is 462 g/mol. The molecule has 2 aromatic heterocycles. The maximum Gasteiger partial charge on any atom is 0.338 e. The highest BCUT2D eigenvalue weighted by atomic mass is 32.1. The minimum atomic E-state index is -0.563. The molecule has 2 aliphatic heterocycles. The third kappa shape index (κ3) is 4.45. The lowest BCUT2D eigenvalue weighted by molar-refractivity contribution is -0.136. The van der Waals surface area contributed by atoms with Crippen LogP contribution in [0, 0.1) is 0 Å². The van der Waals surface area contributed by atoms with Gasteiger partial charge in [0.15, 0.2) is 6.61 Å². The molecule has 1 amide bonds. The van der Waals surface area contributed by atoms with Crippen LogP contribution in [0.1, 0.15) is 46.8 Å². The molecule has 2 aliphatic rings. The molecule has 0 fully saturated rings. The van der Waals surface area contributed by atoms with Gasteiger partial charge in [-0.05, 0) is 54.8 Å². The second-order valence-corrected chi connectivity index (χ2v) is 8.78. The first-order valence-electron chi connectivity index (χ1n) is 10.6. The molecule has 0 radical (unpaired) electrons. The van der Waals surface area contributed by atoms with Crippen LogP contribution in [0.3, 0.4) is 0 Å². The van der Waals surface area contributed by atoms with Crippen molar-refractivity contribution >= 4 is 40.3 Å². The van der Waals surface area contributed by atoms with E-state index in [1.165, 1.54) is 5.01 Å². The summed E-state index contributed by atoms with van der Waals surface area (Å²) in [5.41, 5.74) is 3.17. The summed E-state index contributed by atoms with van der Waals surface area (Å²) in [6.45, 7) is 2.41. The SMILES string of the molecule is CC1=NN(c2ccc(C(=O)OCC(=O)N3N=C(c4cccs4)CC3c3ccco3)cc2)CC1. The second kappa shape index (κ2) is 9.03. The Morgan fingerprint density at radius 2 is 2.00 bits per heavy atom. The van der Waals surface area contributed by atoms with Gasteiger partial charge in [0.05, 0.1) is 28.1 Å². The fourth-order valence-corrected chi connectivity index (χ4v) is 4.56. The maximum absolute atomic E-state index is 12.9. The molecule has 9 heteroatoms. The number of benzene rings is 1. The highest BCUT2D eigenvalue weighted by molar-refractivity contribution is 7.12. The van der Waals surface area contributed by atoms with Gasteiger partial charge in [0, 0.05) is 25.1 Å². The Morgan fingerprint density at radius 1 is 1.15 bits per heavy atom. The number of carbonyl (C=O) groups is 2. The fourth-order valence-electron chi connectivity index (χ4n) is 3.84. The first-order valence-corrected chi connectivity index (χ1v) is 11.5. The average Bonchev–Trinajstić information content (AvgIpc) is 3.62. The largest absolute Gasteiger partial charge is 0.467 e. The number of amides is 1. The lowest BCUT2D eigenvalue weighted by Crippen LogP contribution is -2.31. The third-order valence-corrected chi connectivity index (χ3v) is 6.47. The van der Waals surface area contributed by atoms with Crippen molar-refractivity contribution in [1.82, 2.24) is 5.01 Å². The summed E-state index contributed by atoms with van der Waals surface area (Å²) >= 11 is 1.56. The summed E-state index contributed by atoms with van der Waals surface area (Å²) in [4.78, 5) is 26.5. The van der Waals surface area contributed by atoms with Gasteiger partial charge in [0.2, 0.25) is 0 Å². The summed E-state index contributed by atoms with van der Waals surface area (Å²) in [5, 5.41) is 14.2. The van der Waals surface area contributed by atoms with E-state index in [0.29, 0.717) is 17.7 Å². The van der Waals surface area contributed by atoms with E-state index in [0.717, 1.165) is 35.0 Å². The van der Waals surface area contributed by atoms with Crippen molar-refractivity contribution in [2.45, 2.75) is 25.8 Å². The molecule has 0 aliphatic carbocycles. The topological polar surface area (TPSA) is 87.7 Å². The van der Waals surface area contributed by atoms with Gasteiger partial charge < -0.3 is 9.15 Å². The number of hydrazone groups is 2. The summed E-state index contributed by atoms with van der Waals surface area (Å²) in [6.07, 6.45) is 3.03. The average molecular weight is 463 g/mol. The fraction of sp³-hybridized carbons (Fsp3) is 0.250. The van der Waals surface area contributed by atoms with Gasteiger partial charge in [-0.2, -0.15) is 10.2 Å². The van der Waals surface area contributed by atoms with Gasteiger partial charge in [0.1, 0.15) is 11.8 Å². The van der Waals surface area contributed by atoms with Crippen LogP contribution in [-0.4, -0.2) is 41.5 Å². The zero-order chi connectivity index (χ0) is 22.8. The molecule has 33 heavy (non-hydrogen) atoms. The Labute approximate surface area is 194 Å². The molecule has 0 saturated heterocycles. The van der Waals surface area contributed by atoms with Crippen molar-refractivity contribution in [3.8, 4) is 0 Å². The van der Waals surface area contributed by atoms with Gasteiger partial charge in [-0.3, -0.25) is 9.80 Å². The summed E-state index contributed by atoms with van der Waals surface area (Å²) in [7, 11) is 0. The summed E-state index contributed by atoms with van der Waals surface area (Å²) < 4.78 is 10.8. The second-order valence-electron chi connectivity index (χ2n) is 7.83. The predicted octanol–water partition coefficient (Wildman–Crippen LogP) is 4.46. The van der Waals surface area contributed by atoms with Crippen LogP contribution in [0.2, 0.25) is 0 Å². The molecule has 3 aromatic rings. The van der Waals surface area contributed by atoms with Gasteiger partial charge in [-0.15, -0.1) is 11.3 Å². The van der Waals surface area contributed by atoms with Crippen LogP contribution in [0.15, 0.2) is 74.8 Å². The molecule has 1 aromatic carbocycles. The molecule has 0 bridgehead atoms. The Bertz CT molecular complexity index is 1200. The van der Waals surface area contributed by atoms with E-state index in [2.05, 4.69) is 10.2 Å². The predicted molar refractivity (Wildman–Crippen MR) is 126 cm³/mol. The molecule has 0 N–H and O–H groups in total. The molecule has 0 spiro atoms. The van der Waals surface area contributed by atoms with Crippen molar-refractivity contribution in [1.29, 1.82) is 0 Å². The number of furan rings is 1. The Kier molecular flexibility index (Phi) is 5.78. The van der Waals surface area contributed by atoms with Gasteiger partial charge in [-0.1, -0.05) is 6.07 Å². The Hall–Kier alpha value is -3.72. The molecule has 0 saturated carbocycles. The van der Waals surface area contributed by atoms with E-state index in [4.69, 9.17) is 9.15 Å². The Morgan fingerprint density at radius 3 is 2.67 bits per heavy atom. The van der Waals surface area contributed by atoms with Crippen LogP contribution >= 0.6 is 11.3 Å². The minimum absolute atomic E-state index is 0.368. The van der Waals surface area contributed by atoms with Crippen LogP contribution in [0.5, 0.6) is 0 Å². The van der Waals surface area contributed by atoms with E-state index in [1.54, 1.807) is 35.8 Å². The number of hydrogen-bond acceptors (Lipinski definition) is 8. The lowest BCUT2D eigenvalue weighted by atomic mass is 10.1. The number of esters is 1. The van der Waals surface area contributed by atoms with Gasteiger partial charge >= 0.3 is 5.97 Å². The summed E-state index contributed by atoms with van der Waals surface area (Å²) in [5.74, 6) is -0.331. The van der Waals surface area contributed by atoms with Crippen molar-refractivity contribution in [3.63, 3.8) is 0 Å². The standard InChI is InChI=1S/C24H22N4O4S/c1-16-10-11-27(25-16)18-8-6-17(7-9-18)24(30)32-15-23(29)28-20(21-4-2-12-31-21)14-19(26-28)22-5-3-13-33-22/h2-9,12-13,20H,10-11,14-15H2,1H3.